The van der Waals surface area contributed by atoms with Crippen LogP contribution in [0.5, 0.6) is 0 Å². The second-order valence-electron chi connectivity index (χ2n) is 6.01. The fourth-order valence-electron chi connectivity index (χ4n) is 2.31. The predicted octanol–water partition coefficient (Wildman–Crippen LogP) is 2.55. The van der Waals surface area contributed by atoms with E-state index in [0.29, 0.717) is 6.42 Å². The van der Waals surface area contributed by atoms with Crippen LogP contribution in [-0.2, 0) is 9.53 Å². The maximum absolute atomic E-state index is 11.7. The third kappa shape index (κ3) is 5.73. The Hall–Kier alpha value is -1.57. The molecule has 1 aliphatic carbocycles. The van der Waals surface area contributed by atoms with Crippen LogP contribution < -0.4 is 5.32 Å². The molecule has 1 aliphatic rings. The van der Waals surface area contributed by atoms with Gasteiger partial charge in [0, 0.05) is 12.0 Å². The summed E-state index contributed by atoms with van der Waals surface area (Å²) in [5.41, 5.74) is -0.519. The van der Waals surface area contributed by atoms with Gasteiger partial charge in [0.2, 0.25) is 0 Å². The maximum Gasteiger partial charge on any atom is 0.407 e. The van der Waals surface area contributed by atoms with Crippen LogP contribution in [0.25, 0.3) is 0 Å². The van der Waals surface area contributed by atoms with Gasteiger partial charge in [0.25, 0.3) is 0 Å². The molecule has 0 aromatic rings. The number of Topliss-reactive ketones (excluding diaryl/α,β-unsaturated/α-hetero) is 1. The van der Waals surface area contributed by atoms with Gasteiger partial charge in [0.1, 0.15) is 11.4 Å². The lowest BCUT2D eigenvalue weighted by Crippen LogP contribution is -2.42. The number of ether oxygens (including phenoxy) is 1. The summed E-state index contributed by atoms with van der Waals surface area (Å²) < 4.78 is 5.20. The van der Waals surface area contributed by atoms with E-state index in [1.165, 1.54) is 0 Å². The van der Waals surface area contributed by atoms with E-state index >= 15 is 0 Å². The van der Waals surface area contributed by atoms with Crippen LogP contribution in [0.3, 0.4) is 0 Å². The molecule has 1 saturated carbocycles. The Labute approximate surface area is 114 Å². The van der Waals surface area contributed by atoms with Crippen molar-refractivity contribution in [3.8, 4) is 6.07 Å². The van der Waals surface area contributed by atoms with Crippen molar-refractivity contribution < 1.29 is 14.3 Å². The minimum Gasteiger partial charge on any atom is -0.444 e. The van der Waals surface area contributed by atoms with Crippen molar-refractivity contribution in [1.29, 1.82) is 5.26 Å². The van der Waals surface area contributed by atoms with Gasteiger partial charge in [0.15, 0.2) is 0 Å². The number of carbonyl (C=O) groups excluding carboxylic acids is 2. The summed E-state index contributed by atoms with van der Waals surface area (Å²) >= 11 is 0. The summed E-state index contributed by atoms with van der Waals surface area (Å²) in [6.07, 6.45) is 2.69. The standard InChI is InChI=1S/C14H22N2O3/c1-14(2,3)19-13(18)16-11-6-4-5-10(9-11)12(17)7-8-15/h10-11H,4-7,9H2,1-3H3,(H,16,18)/t10-,11+/m0/s1. The normalized spacial score (nSPS) is 23.3. The zero-order chi connectivity index (χ0) is 14.5. The Morgan fingerprint density at radius 2 is 2.05 bits per heavy atom. The molecular formula is C14H22N2O3. The van der Waals surface area contributed by atoms with Gasteiger partial charge in [-0.15, -0.1) is 0 Å². The largest absolute Gasteiger partial charge is 0.444 e. The average molecular weight is 266 g/mol. The quantitative estimate of drug-likeness (QED) is 0.851. The minimum atomic E-state index is -0.519. The number of nitrogens with one attached hydrogen (secondary N) is 1. The van der Waals surface area contributed by atoms with Crippen LogP contribution in [0, 0.1) is 17.2 Å². The first-order valence-corrected chi connectivity index (χ1v) is 6.71. The molecule has 0 unspecified atom stereocenters. The van der Waals surface area contributed by atoms with E-state index in [1.807, 2.05) is 26.8 Å². The molecule has 1 fully saturated rings. The molecule has 0 heterocycles. The number of ketones is 1. The highest BCUT2D eigenvalue weighted by atomic mass is 16.6. The van der Waals surface area contributed by atoms with E-state index < -0.39 is 11.7 Å². The van der Waals surface area contributed by atoms with E-state index in [0.717, 1.165) is 19.3 Å². The molecule has 5 nitrogen and oxygen atoms in total. The fraction of sp³-hybridized carbons (Fsp3) is 0.786. The third-order valence-electron chi connectivity index (χ3n) is 3.10. The van der Waals surface area contributed by atoms with Crippen molar-refractivity contribution in [2.24, 2.45) is 5.92 Å². The van der Waals surface area contributed by atoms with Crippen LogP contribution in [0.15, 0.2) is 0 Å². The molecular weight excluding hydrogens is 244 g/mol. The molecule has 5 heteroatoms. The van der Waals surface area contributed by atoms with Crippen molar-refractivity contribution in [1.82, 2.24) is 5.32 Å². The molecule has 0 saturated heterocycles. The smallest absolute Gasteiger partial charge is 0.407 e. The average Bonchev–Trinajstić information content (AvgIpc) is 2.27. The van der Waals surface area contributed by atoms with Crippen molar-refractivity contribution in [2.45, 2.75) is 64.5 Å². The molecule has 0 spiro atoms. The van der Waals surface area contributed by atoms with Gasteiger partial charge >= 0.3 is 6.09 Å². The van der Waals surface area contributed by atoms with Gasteiger partial charge in [-0.1, -0.05) is 6.42 Å². The van der Waals surface area contributed by atoms with E-state index in [9.17, 15) is 9.59 Å². The maximum atomic E-state index is 11.7. The van der Waals surface area contributed by atoms with Gasteiger partial charge in [0.05, 0.1) is 12.5 Å². The van der Waals surface area contributed by atoms with Gasteiger partial charge in [-0.25, -0.2) is 4.79 Å². The van der Waals surface area contributed by atoms with Crippen LogP contribution in [0.2, 0.25) is 0 Å². The summed E-state index contributed by atoms with van der Waals surface area (Å²) in [5, 5.41) is 11.4. The zero-order valence-corrected chi connectivity index (χ0v) is 11.9. The minimum absolute atomic E-state index is 0.0156. The summed E-state index contributed by atoms with van der Waals surface area (Å²) in [6, 6.07) is 1.86. The van der Waals surface area contributed by atoms with E-state index in [2.05, 4.69) is 5.32 Å². The Kier molecular flexibility index (Phi) is 5.34. The number of alkyl carbamates (subject to hydrolysis) is 1. The van der Waals surface area contributed by atoms with E-state index in [1.54, 1.807) is 0 Å². The highest BCUT2D eigenvalue weighted by Gasteiger charge is 2.28. The lowest BCUT2D eigenvalue weighted by molar-refractivity contribution is -0.123. The topological polar surface area (TPSA) is 79.2 Å². The highest BCUT2D eigenvalue weighted by Crippen LogP contribution is 2.26. The van der Waals surface area contributed by atoms with Crippen molar-refractivity contribution >= 4 is 11.9 Å². The predicted molar refractivity (Wildman–Crippen MR) is 70.4 cm³/mol. The number of nitrogens with zero attached hydrogens (tertiary/aromatic N) is 1. The Balaban J connectivity index is 2.45. The first-order chi connectivity index (χ1) is 8.81. The Morgan fingerprint density at radius 3 is 2.63 bits per heavy atom. The fourth-order valence-corrected chi connectivity index (χ4v) is 2.31. The molecule has 0 aliphatic heterocycles. The summed E-state index contributed by atoms with van der Waals surface area (Å²) in [4.78, 5) is 23.4. The van der Waals surface area contributed by atoms with Crippen LogP contribution in [0.4, 0.5) is 4.79 Å². The molecule has 1 rings (SSSR count). The van der Waals surface area contributed by atoms with E-state index in [-0.39, 0.29) is 24.2 Å². The van der Waals surface area contributed by atoms with Crippen LogP contribution in [-0.4, -0.2) is 23.5 Å². The number of carbonyl (C=O) groups is 2. The molecule has 0 aromatic heterocycles. The highest BCUT2D eigenvalue weighted by molar-refractivity contribution is 5.83. The van der Waals surface area contributed by atoms with Crippen molar-refractivity contribution in [3.05, 3.63) is 0 Å². The Bertz CT molecular complexity index is 379. The van der Waals surface area contributed by atoms with Crippen LogP contribution >= 0.6 is 0 Å². The number of hydrogen-bond acceptors (Lipinski definition) is 4. The molecule has 106 valence electrons. The molecule has 1 N–H and O–H groups in total. The second kappa shape index (κ2) is 6.55. The molecule has 1 amide bonds. The summed E-state index contributed by atoms with van der Waals surface area (Å²) in [5.74, 6) is -0.119. The molecule has 2 atom stereocenters. The van der Waals surface area contributed by atoms with Gasteiger partial charge in [-0.2, -0.15) is 5.26 Å². The monoisotopic (exact) mass is 266 g/mol. The first-order valence-electron chi connectivity index (χ1n) is 6.71. The molecule has 0 bridgehead atoms. The first kappa shape index (κ1) is 15.5. The number of hydrogen-bond donors (Lipinski definition) is 1. The Morgan fingerprint density at radius 1 is 1.37 bits per heavy atom. The van der Waals surface area contributed by atoms with Gasteiger partial charge in [-0.3, -0.25) is 4.79 Å². The lowest BCUT2D eigenvalue weighted by Gasteiger charge is -2.29. The number of rotatable bonds is 3. The van der Waals surface area contributed by atoms with Crippen LogP contribution in [0.1, 0.15) is 52.9 Å². The van der Waals surface area contributed by atoms with Gasteiger partial charge in [-0.05, 0) is 40.0 Å². The summed E-state index contributed by atoms with van der Waals surface area (Å²) in [6.45, 7) is 5.44. The number of nitriles is 1. The van der Waals surface area contributed by atoms with Gasteiger partial charge < -0.3 is 10.1 Å². The molecule has 19 heavy (non-hydrogen) atoms. The molecule has 0 radical (unpaired) electrons. The third-order valence-corrected chi connectivity index (χ3v) is 3.10. The summed E-state index contributed by atoms with van der Waals surface area (Å²) in [7, 11) is 0. The SMILES string of the molecule is CC(C)(C)OC(=O)N[C@@H]1CCC[C@H](C(=O)CC#N)C1. The van der Waals surface area contributed by atoms with Crippen molar-refractivity contribution in [3.63, 3.8) is 0 Å². The number of amides is 1. The zero-order valence-electron chi connectivity index (χ0n) is 11.9. The van der Waals surface area contributed by atoms with Crippen molar-refractivity contribution in [2.75, 3.05) is 0 Å². The molecule has 0 aromatic carbocycles. The second-order valence-corrected chi connectivity index (χ2v) is 6.01. The lowest BCUT2D eigenvalue weighted by atomic mass is 9.82. The van der Waals surface area contributed by atoms with E-state index in [4.69, 9.17) is 10.00 Å².